The summed E-state index contributed by atoms with van der Waals surface area (Å²) in [4.78, 5) is 21.6. The summed E-state index contributed by atoms with van der Waals surface area (Å²) in [6.45, 7) is 1.96. The molecule has 1 aromatic heterocycles. The molecule has 7 heteroatoms. The number of anilines is 1. The van der Waals surface area contributed by atoms with Crippen LogP contribution in [0.15, 0.2) is 34.7 Å². The molecule has 0 fully saturated rings. The van der Waals surface area contributed by atoms with E-state index >= 15 is 0 Å². The molecule has 6 nitrogen and oxygen atoms in total. The molecule has 1 N–H and O–H groups in total. The van der Waals surface area contributed by atoms with E-state index in [1.807, 2.05) is 19.1 Å². The second-order valence-corrected chi connectivity index (χ2v) is 4.98. The van der Waals surface area contributed by atoms with E-state index in [0.29, 0.717) is 5.69 Å². The molecule has 0 saturated carbocycles. The molecule has 0 aliphatic heterocycles. The second-order valence-electron chi connectivity index (χ2n) is 3.81. The zero-order chi connectivity index (χ0) is 14.0. The third-order valence-corrected chi connectivity index (χ3v) is 3.59. The van der Waals surface area contributed by atoms with E-state index in [9.17, 15) is 14.9 Å². The maximum absolute atomic E-state index is 11.8. The molecule has 0 bridgehead atoms. The fourth-order valence-corrected chi connectivity index (χ4v) is 1.93. The fourth-order valence-electron chi connectivity index (χ4n) is 1.41. The lowest BCUT2D eigenvalue weighted by atomic mass is 10.2. The van der Waals surface area contributed by atoms with Crippen LogP contribution in [-0.2, 0) is 0 Å². The highest BCUT2D eigenvalue weighted by Crippen LogP contribution is 2.20. The van der Waals surface area contributed by atoms with Crippen LogP contribution in [0.3, 0.4) is 0 Å². The summed E-state index contributed by atoms with van der Waals surface area (Å²) in [5, 5.41) is 13.1. The van der Waals surface area contributed by atoms with Crippen LogP contribution in [0.25, 0.3) is 0 Å². The van der Waals surface area contributed by atoms with E-state index in [0.717, 1.165) is 15.2 Å². The molecule has 2 rings (SSSR count). The van der Waals surface area contributed by atoms with Gasteiger partial charge in [-0.05, 0) is 53.3 Å². The molecular weight excluding hydrogens is 363 g/mol. The molecule has 0 atom stereocenters. The number of aryl methyl sites for hydroxylation is 1. The summed E-state index contributed by atoms with van der Waals surface area (Å²) in [6, 6.07) is 7.86. The van der Waals surface area contributed by atoms with Crippen molar-refractivity contribution in [1.82, 2.24) is 0 Å². The molecule has 0 saturated heterocycles. The zero-order valence-corrected chi connectivity index (χ0v) is 12.0. The number of carbonyl (C=O) groups is 1. The van der Waals surface area contributed by atoms with Gasteiger partial charge in [0.25, 0.3) is 5.91 Å². The first kappa shape index (κ1) is 13.5. The number of furan rings is 1. The van der Waals surface area contributed by atoms with Crippen molar-refractivity contribution >= 4 is 40.1 Å². The van der Waals surface area contributed by atoms with Crippen molar-refractivity contribution in [3.63, 3.8) is 0 Å². The predicted molar refractivity (Wildman–Crippen MR) is 77.2 cm³/mol. The summed E-state index contributed by atoms with van der Waals surface area (Å²) >= 11 is 2.16. The van der Waals surface area contributed by atoms with Gasteiger partial charge in [-0.2, -0.15) is 0 Å². The molecule has 1 aromatic carbocycles. The van der Waals surface area contributed by atoms with Gasteiger partial charge < -0.3 is 9.73 Å². The molecular formula is C12H9IN2O4. The van der Waals surface area contributed by atoms with Gasteiger partial charge in [0.15, 0.2) is 5.76 Å². The van der Waals surface area contributed by atoms with Crippen LogP contribution in [0.1, 0.15) is 16.1 Å². The Morgan fingerprint density at radius 1 is 1.37 bits per heavy atom. The van der Waals surface area contributed by atoms with Crippen molar-refractivity contribution in [2.45, 2.75) is 6.92 Å². The zero-order valence-electron chi connectivity index (χ0n) is 9.84. The summed E-state index contributed by atoms with van der Waals surface area (Å²) in [5.41, 5.74) is 1.71. The lowest BCUT2D eigenvalue weighted by Gasteiger charge is -2.05. The molecule has 1 amide bonds. The van der Waals surface area contributed by atoms with Crippen LogP contribution in [0.2, 0.25) is 0 Å². The second kappa shape index (κ2) is 5.39. The van der Waals surface area contributed by atoms with Gasteiger partial charge in [-0.25, -0.2) is 0 Å². The molecule has 98 valence electrons. The summed E-state index contributed by atoms with van der Waals surface area (Å²) in [6.07, 6.45) is 0. The average molecular weight is 372 g/mol. The molecule has 0 unspecified atom stereocenters. The number of nitrogens with zero attached hydrogens (tertiary/aromatic N) is 1. The fraction of sp³-hybridized carbons (Fsp3) is 0.0833. The van der Waals surface area contributed by atoms with Gasteiger partial charge in [0, 0.05) is 9.26 Å². The van der Waals surface area contributed by atoms with Crippen molar-refractivity contribution < 1.29 is 14.1 Å². The SMILES string of the molecule is Cc1ccc(NC(=O)c2ccc([N+](=O)[O-])o2)cc1I. The Kier molecular flexibility index (Phi) is 3.84. The number of hydrogen-bond donors (Lipinski definition) is 1. The highest BCUT2D eigenvalue weighted by Gasteiger charge is 2.17. The third-order valence-electron chi connectivity index (χ3n) is 2.43. The Hall–Kier alpha value is -1.90. The third kappa shape index (κ3) is 3.11. The van der Waals surface area contributed by atoms with Crippen molar-refractivity contribution in [3.8, 4) is 0 Å². The average Bonchev–Trinajstić information content (AvgIpc) is 2.83. The predicted octanol–water partition coefficient (Wildman–Crippen LogP) is 3.35. The molecule has 0 aliphatic carbocycles. The normalized spacial score (nSPS) is 10.2. The summed E-state index contributed by atoms with van der Waals surface area (Å²) in [7, 11) is 0. The maximum atomic E-state index is 11.8. The Morgan fingerprint density at radius 2 is 2.11 bits per heavy atom. The van der Waals surface area contributed by atoms with Gasteiger partial charge in [0.1, 0.15) is 4.92 Å². The van der Waals surface area contributed by atoms with E-state index < -0.39 is 16.7 Å². The number of amides is 1. The number of benzene rings is 1. The first-order chi connectivity index (χ1) is 8.97. The number of carbonyl (C=O) groups excluding carboxylic acids is 1. The van der Waals surface area contributed by atoms with Crippen LogP contribution in [0.5, 0.6) is 0 Å². The van der Waals surface area contributed by atoms with E-state index in [-0.39, 0.29) is 5.76 Å². The molecule has 0 aliphatic rings. The number of halogens is 1. The van der Waals surface area contributed by atoms with Gasteiger partial charge in [0.05, 0.1) is 6.07 Å². The number of rotatable bonds is 3. The maximum Gasteiger partial charge on any atom is 0.433 e. The van der Waals surface area contributed by atoms with E-state index in [4.69, 9.17) is 4.42 Å². The van der Waals surface area contributed by atoms with E-state index in [1.54, 1.807) is 6.07 Å². The van der Waals surface area contributed by atoms with Crippen LogP contribution < -0.4 is 5.32 Å². The molecule has 0 spiro atoms. The Balaban J connectivity index is 2.15. The summed E-state index contributed by atoms with van der Waals surface area (Å²) in [5.74, 6) is -1.07. The topological polar surface area (TPSA) is 85.4 Å². The lowest BCUT2D eigenvalue weighted by Crippen LogP contribution is -2.11. The van der Waals surface area contributed by atoms with E-state index in [2.05, 4.69) is 27.9 Å². The minimum absolute atomic E-state index is 0.0951. The van der Waals surface area contributed by atoms with Gasteiger partial charge >= 0.3 is 5.88 Å². The van der Waals surface area contributed by atoms with Crippen molar-refractivity contribution in [2.75, 3.05) is 5.32 Å². The van der Waals surface area contributed by atoms with Crippen molar-refractivity contribution in [3.05, 3.63) is 55.3 Å². The Bertz CT molecular complexity index is 651. The summed E-state index contributed by atoms with van der Waals surface area (Å²) < 4.78 is 5.83. The van der Waals surface area contributed by atoms with E-state index in [1.165, 1.54) is 6.07 Å². The Morgan fingerprint density at radius 3 is 2.68 bits per heavy atom. The smallest absolute Gasteiger partial charge is 0.395 e. The molecule has 1 heterocycles. The Labute approximate surface area is 122 Å². The highest BCUT2D eigenvalue weighted by atomic mass is 127. The quantitative estimate of drug-likeness (QED) is 0.509. The largest absolute Gasteiger partial charge is 0.433 e. The van der Waals surface area contributed by atoms with Crippen molar-refractivity contribution in [2.24, 2.45) is 0 Å². The lowest BCUT2D eigenvalue weighted by molar-refractivity contribution is -0.402. The van der Waals surface area contributed by atoms with Crippen molar-refractivity contribution in [1.29, 1.82) is 0 Å². The minimum atomic E-state index is -0.689. The standard InChI is InChI=1S/C12H9IN2O4/c1-7-2-3-8(6-9(7)13)14-12(16)10-4-5-11(19-10)15(17)18/h2-6H,1H3,(H,14,16). The molecule has 2 aromatic rings. The number of nitro groups is 1. The molecule has 19 heavy (non-hydrogen) atoms. The van der Waals surface area contributed by atoms with Gasteiger partial charge in [-0.3, -0.25) is 14.9 Å². The van der Waals surface area contributed by atoms with Gasteiger partial charge in [-0.1, -0.05) is 6.07 Å². The first-order valence-corrected chi connectivity index (χ1v) is 6.37. The first-order valence-electron chi connectivity index (χ1n) is 5.29. The minimum Gasteiger partial charge on any atom is -0.395 e. The monoisotopic (exact) mass is 372 g/mol. The van der Waals surface area contributed by atoms with Crippen LogP contribution in [0.4, 0.5) is 11.6 Å². The van der Waals surface area contributed by atoms with Crippen LogP contribution in [0, 0.1) is 20.6 Å². The van der Waals surface area contributed by atoms with Gasteiger partial charge in [-0.15, -0.1) is 0 Å². The van der Waals surface area contributed by atoms with Gasteiger partial charge in [0.2, 0.25) is 0 Å². The van der Waals surface area contributed by atoms with Crippen LogP contribution >= 0.6 is 22.6 Å². The molecule has 0 radical (unpaired) electrons. The highest BCUT2D eigenvalue weighted by molar-refractivity contribution is 14.1. The van der Waals surface area contributed by atoms with Crippen LogP contribution in [-0.4, -0.2) is 10.8 Å². The number of nitrogens with one attached hydrogen (secondary N) is 1. The number of hydrogen-bond acceptors (Lipinski definition) is 4.